The summed E-state index contributed by atoms with van der Waals surface area (Å²) < 4.78 is 23.0. The Bertz CT molecular complexity index is 1850. The first-order valence-corrected chi connectivity index (χ1v) is 42.4. The Balaban J connectivity index is 1.54. The van der Waals surface area contributed by atoms with Crippen molar-refractivity contribution in [3.05, 3.63) is 48.6 Å². The third kappa shape index (κ3) is 51.7. The molecule has 2 fully saturated rings. The quantitative estimate of drug-likeness (QED) is 0.0204. The number of allylic oxidation sites excluding steroid dienone is 8. The van der Waals surface area contributed by atoms with Crippen molar-refractivity contribution in [3.63, 3.8) is 0 Å². The van der Waals surface area contributed by atoms with Crippen molar-refractivity contribution in [1.29, 1.82) is 0 Å². The van der Waals surface area contributed by atoms with E-state index in [9.17, 15) is 45.6 Å². The van der Waals surface area contributed by atoms with Crippen LogP contribution in [0.2, 0.25) is 0 Å². The van der Waals surface area contributed by atoms with Crippen molar-refractivity contribution >= 4 is 5.91 Å². The summed E-state index contributed by atoms with van der Waals surface area (Å²) in [5, 5.41) is 87.9. The Morgan fingerprint density at radius 1 is 0.374 bits per heavy atom. The average molecular weight is 1400 g/mol. The summed E-state index contributed by atoms with van der Waals surface area (Å²) >= 11 is 0. The van der Waals surface area contributed by atoms with Gasteiger partial charge < -0.3 is 65.1 Å². The Kier molecular flexibility index (Phi) is 64.9. The van der Waals surface area contributed by atoms with E-state index in [1.807, 2.05) is 0 Å². The molecular formula is C85H159NO13. The van der Waals surface area contributed by atoms with Gasteiger partial charge in [0.15, 0.2) is 12.6 Å². The first-order valence-electron chi connectivity index (χ1n) is 42.4. The molecule has 14 nitrogen and oxygen atoms in total. The summed E-state index contributed by atoms with van der Waals surface area (Å²) in [6.45, 7) is 2.82. The van der Waals surface area contributed by atoms with Gasteiger partial charge in [-0.3, -0.25) is 4.79 Å². The monoisotopic (exact) mass is 1400 g/mol. The minimum atomic E-state index is -1.78. The van der Waals surface area contributed by atoms with Gasteiger partial charge in [-0.1, -0.05) is 383 Å². The predicted octanol–water partition coefficient (Wildman–Crippen LogP) is 19.8. The second-order valence-corrected chi connectivity index (χ2v) is 29.9. The van der Waals surface area contributed by atoms with Crippen LogP contribution in [0.4, 0.5) is 0 Å². The van der Waals surface area contributed by atoms with E-state index in [-0.39, 0.29) is 12.5 Å². The van der Waals surface area contributed by atoms with Gasteiger partial charge in [0.2, 0.25) is 5.91 Å². The molecule has 0 aromatic rings. The molecule has 2 rings (SSSR count). The average Bonchev–Trinajstić information content (AvgIpc) is 0.799. The summed E-state index contributed by atoms with van der Waals surface area (Å²) in [7, 11) is 0. The van der Waals surface area contributed by atoms with Gasteiger partial charge in [-0.25, -0.2) is 0 Å². The highest BCUT2D eigenvalue weighted by atomic mass is 16.7. The third-order valence-corrected chi connectivity index (χ3v) is 20.8. The second kappa shape index (κ2) is 69.0. The number of aliphatic hydroxyl groups excluding tert-OH is 8. The number of carbonyl (C=O) groups excluding carboxylic acids is 1. The summed E-state index contributed by atoms with van der Waals surface area (Å²) in [5.41, 5.74) is 0. The van der Waals surface area contributed by atoms with Gasteiger partial charge >= 0.3 is 0 Å². The second-order valence-electron chi connectivity index (χ2n) is 29.9. The highest BCUT2D eigenvalue weighted by Crippen LogP contribution is 2.31. The number of rotatable bonds is 72. The fourth-order valence-electron chi connectivity index (χ4n) is 14.2. The molecule has 0 aromatic carbocycles. The lowest BCUT2D eigenvalue weighted by molar-refractivity contribution is -0.359. The van der Waals surface area contributed by atoms with Gasteiger partial charge in [0, 0.05) is 6.42 Å². The predicted molar refractivity (Wildman–Crippen MR) is 411 cm³/mol. The molecular weight excluding hydrogens is 1240 g/mol. The molecule has 0 aromatic heterocycles. The van der Waals surface area contributed by atoms with E-state index in [0.29, 0.717) is 12.8 Å². The molecule has 12 unspecified atom stereocenters. The highest BCUT2D eigenvalue weighted by Gasteiger charge is 2.51. The molecule has 9 N–H and O–H groups in total. The maximum absolute atomic E-state index is 13.4. The third-order valence-electron chi connectivity index (χ3n) is 20.8. The first kappa shape index (κ1) is 93.0. The van der Waals surface area contributed by atoms with Crippen LogP contribution in [0.5, 0.6) is 0 Å². The van der Waals surface area contributed by atoms with Crippen LogP contribution in [0, 0.1) is 0 Å². The lowest BCUT2D eigenvalue weighted by Crippen LogP contribution is -2.65. The Morgan fingerprint density at radius 2 is 0.697 bits per heavy atom. The fraction of sp³-hybridized carbons (Fsp3) is 0.894. The summed E-state index contributed by atoms with van der Waals surface area (Å²) in [5.74, 6) is -0.197. The van der Waals surface area contributed by atoms with Crippen LogP contribution >= 0.6 is 0 Å². The SMILES string of the molecule is CC/C=C\C/C=C\C/C=C\C/C=C\CCCCCCCCCCCCCCCCCCCCCCCCCCCCCCC(=O)NC(COC1OC(CO)C(OC2OC(CO)C(O)C(O)C2O)C(O)C1O)C(O)CCCCCCCCCCCCCCCCCCCCCCCCCC. The van der Waals surface area contributed by atoms with E-state index in [1.165, 1.54) is 289 Å². The van der Waals surface area contributed by atoms with Crippen molar-refractivity contribution < 1.29 is 64.6 Å². The number of aliphatic hydroxyl groups is 8. The summed E-state index contributed by atoms with van der Waals surface area (Å²) in [6, 6.07) is -0.828. The van der Waals surface area contributed by atoms with Crippen molar-refractivity contribution in [1.82, 2.24) is 5.32 Å². The van der Waals surface area contributed by atoms with E-state index in [2.05, 4.69) is 67.8 Å². The van der Waals surface area contributed by atoms with Crippen LogP contribution in [-0.2, 0) is 23.7 Å². The molecule has 1 amide bonds. The van der Waals surface area contributed by atoms with Crippen molar-refractivity contribution in [2.75, 3.05) is 19.8 Å². The first-order chi connectivity index (χ1) is 48.6. The normalized spacial score (nSPS) is 22.1. The molecule has 0 saturated carbocycles. The maximum atomic E-state index is 13.4. The molecule has 2 aliphatic heterocycles. The number of hydrogen-bond acceptors (Lipinski definition) is 13. The number of amides is 1. The number of unbranched alkanes of at least 4 members (excludes halogenated alkanes) is 51. The van der Waals surface area contributed by atoms with Crippen LogP contribution in [-0.4, -0.2) is 140 Å². The standard InChI is InChI=1S/C85H159NO13/c1-3-5-7-9-11-13-15-17-19-21-23-25-27-29-30-31-32-33-34-35-36-37-38-39-40-41-42-43-44-45-47-49-51-53-55-57-59-61-63-65-67-69-77(90)86-73(72-96-84-82(95)80(93)83(76(71-88)98-84)99-85-81(94)79(92)78(91)75(70-87)97-85)74(89)68-66-64-62-60-58-56-54-52-50-48-46-28-26-24-22-20-18-16-14-12-10-8-6-4-2/h5,7,11,13,17,19,23,25,73-76,78-85,87-89,91-95H,3-4,6,8-10,12,14-16,18,20-22,24,26-72H2,1-2H3,(H,86,90)/b7-5-,13-11-,19-17-,25-23-. The zero-order chi connectivity index (χ0) is 71.5. The fourth-order valence-corrected chi connectivity index (χ4v) is 14.2. The van der Waals surface area contributed by atoms with E-state index in [1.54, 1.807) is 0 Å². The smallest absolute Gasteiger partial charge is 0.220 e. The Hall–Kier alpha value is -2.05. The molecule has 12 atom stereocenters. The largest absolute Gasteiger partial charge is 0.394 e. The van der Waals surface area contributed by atoms with Gasteiger partial charge in [-0.15, -0.1) is 0 Å². The van der Waals surface area contributed by atoms with Crippen LogP contribution in [0.15, 0.2) is 48.6 Å². The van der Waals surface area contributed by atoms with Crippen LogP contribution in [0.1, 0.15) is 393 Å². The topological polar surface area (TPSA) is 228 Å². The van der Waals surface area contributed by atoms with Gasteiger partial charge in [-0.2, -0.15) is 0 Å². The highest BCUT2D eigenvalue weighted by molar-refractivity contribution is 5.76. The zero-order valence-corrected chi connectivity index (χ0v) is 64.0. The molecule has 99 heavy (non-hydrogen) atoms. The van der Waals surface area contributed by atoms with Gasteiger partial charge in [0.25, 0.3) is 0 Å². The Morgan fingerprint density at radius 3 is 1.07 bits per heavy atom. The molecule has 14 heteroatoms. The molecule has 0 bridgehead atoms. The van der Waals surface area contributed by atoms with Crippen molar-refractivity contribution in [2.45, 2.75) is 466 Å². The number of carbonyl (C=O) groups is 1. The van der Waals surface area contributed by atoms with Gasteiger partial charge in [0.05, 0.1) is 32.0 Å². The molecule has 2 aliphatic rings. The van der Waals surface area contributed by atoms with E-state index < -0.39 is 86.8 Å². The molecule has 2 heterocycles. The van der Waals surface area contributed by atoms with Crippen molar-refractivity contribution in [3.8, 4) is 0 Å². The number of hydrogen-bond donors (Lipinski definition) is 9. The van der Waals surface area contributed by atoms with E-state index in [0.717, 1.165) is 77.0 Å². The zero-order valence-electron chi connectivity index (χ0n) is 64.0. The van der Waals surface area contributed by atoms with Crippen LogP contribution in [0.3, 0.4) is 0 Å². The Labute approximate surface area is 607 Å². The lowest BCUT2D eigenvalue weighted by atomic mass is 9.97. The summed E-state index contributed by atoms with van der Waals surface area (Å²) in [4.78, 5) is 13.4. The minimum Gasteiger partial charge on any atom is -0.394 e. The van der Waals surface area contributed by atoms with Crippen molar-refractivity contribution in [2.24, 2.45) is 0 Å². The van der Waals surface area contributed by atoms with E-state index >= 15 is 0 Å². The summed E-state index contributed by atoms with van der Waals surface area (Å²) in [6.07, 6.45) is 76.0. The van der Waals surface area contributed by atoms with Crippen LogP contribution in [0.25, 0.3) is 0 Å². The van der Waals surface area contributed by atoms with Gasteiger partial charge in [-0.05, 0) is 51.4 Å². The molecule has 0 spiro atoms. The molecule has 0 aliphatic carbocycles. The minimum absolute atomic E-state index is 0.197. The number of ether oxygens (including phenoxy) is 4. The number of nitrogens with one attached hydrogen (secondary N) is 1. The van der Waals surface area contributed by atoms with E-state index in [4.69, 9.17) is 18.9 Å². The molecule has 582 valence electrons. The van der Waals surface area contributed by atoms with Crippen LogP contribution < -0.4 is 5.32 Å². The lowest BCUT2D eigenvalue weighted by Gasteiger charge is -2.46. The molecule has 2 saturated heterocycles. The maximum Gasteiger partial charge on any atom is 0.220 e. The van der Waals surface area contributed by atoms with Gasteiger partial charge in [0.1, 0.15) is 48.8 Å². The molecule has 0 radical (unpaired) electrons.